The number of nitrogens with one attached hydrogen (secondary N) is 1. The lowest BCUT2D eigenvalue weighted by atomic mass is 10.4. The van der Waals surface area contributed by atoms with E-state index in [0.717, 1.165) is 25.9 Å². The number of hydrogen-bond donors (Lipinski definition) is 1. The van der Waals surface area contributed by atoms with E-state index in [-0.39, 0.29) is 11.9 Å². The van der Waals surface area contributed by atoms with Gasteiger partial charge in [0.15, 0.2) is 0 Å². The van der Waals surface area contributed by atoms with Gasteiger partial charge in [-0.15, -0.1) is 0 Å². The van der Waals surface area contributed by atoms with E-state index in [2.05, 4.69) is 5.32 Å². The number of carbonyl (C=O) groups is 2. The summed E-state index contributed by atoms with van der Waals surface area (Å²) in [5.41, 5.74) is 0. The van der Waals surface area contributed by atoms with Gasteiger partial charge in [-0.3, -0.25) is 4.79 Å². The molecule has 0 aliphatic carbocycles. The molecular formula is C11H21N3O2. The standard InChI is InChI=1S/C11H21N3O2/c1-3-5-12-11(16)14-7-4-6-13(8-9-14)10(2)15/h3-9H2,1-2H3,(H,12,16). The van der Waals surface area contributed by atoms with Crippen molar-refractivity contribution in [2.24, 2.45) is 0 Å². The summed E-state index contributed by atoms with van der Waals surface area (Å²) in [6.07, 6.45) is 1.80. The summed E-state index contributed by atoms with van der Waals surface area (Å²) < 4.78 is 0. The Bertz CT molecular complexity index is 256. The quantitative estimate of drug-likeness (QED) is 0.753. The summed E-state index contributed by atoms with van der Waals surface area (Å²) in [7, 11) is 0. The topological polar surface area (TPSA) is 52.7 Å². The minimum Gasteiger partial charge on any atom is -0.341 e. The van der Waals surface area contributed by atoms with Gasteiger partial charge >= 0.3 is 6.03 Å². The monoisotopic (exact) mass is 227 g/mol. The van der Waals surface area contributed by atoms with Crippen LogP contribution >= 0.6 is 0 Å². The highest BCUT2D eigenvalue weighted by Gasteiger charge is 2.19. The Kier molecular flexibility index (Phi) is 5.08. The Morgan fingerprint density at radius 2 is 1.75 bits per heavy atom. The molecule has 5 nitrogen and oxygen atoms in total. The zero-order chi connectivity index (χ0) is 12.0. The van der Waals surface area contributed by atoms with Crippen LogP contribution in [0.1, 0.15) is 26.7 Å². The molecule has 1 rings (SSSR count). The first-order valence-electron chi connectivity index (χ1n) is 5.93. The SMILES string of the molecule is CCCNC(=O)N1CCCN(C(C)=O)CC1. The van der Waals surface area contributed by atoms with E-state index in [4.69, 9.17) is 0 Å². The molecule has 16 heavy (non-hydrogen) atoms. The summed E-state index contributed by atoms with van der Waals surface area (Å²) in [5, 5.41) is 2.86. The predicted molar refractivity (Wildman–Crippen MR) is 62.1 cm³/mol. The zero-order valence-corrected chi connectivity index (χ0v) is 10.2. The molecule has 0 aromatic rings. The number of urea groups is 1. The number of carbonyl (C=O) groups excluding carboxylic acids is 2. The molecule has 1 fully saturated rings. The number of hydrogen-bond acceptors (Lipinski definition) is 2. The third-order valence-electron chi connectivity index (χ3n) is 2.75. The molecule has 0 aromatic carbocycles. The summed E-state index contributed by atoms with van der Waals surface area (Å²) in [5.74, 6) is 0.0933. The Labute approximate surface area is 96.8 Å². The second kappa shape index (κ2) is 6.35. The van der Waals surface area contributed by atoms with Crippen LogP contribution in [0.25, 0.3) is 0 Å². The largest absolute Gasteiger partial charge is 0.341 e. The molecule has 0 bridgehead atoms. The molecule has 5 heteroatoms. The fraction of sp³-hybridized carbons (Fsp3) is 0.818. The van der Waals surface area contributed by atoms with E-state index in [0.29, 0.717) is 19.6 Å². The Morgan fingerprint density at radius 3 is 2.38 bits per heavy atom. The number of nitrogens with zero attached hydrogens (tertiary/aromatic N) is 2. The highest BCUT2D eigenvalue weighted by atomic mass is 16.2. The van der Waals surface area contributed by atoms with Crippen LogP contribution in [0.4, 0.5) is 4.79 Å². The number of rotatable bonds is 2. The van der Waals surface area contributed by atoms with E-state index in [1.54, 1.807) is 16.7 Å². The number of amides is 3. The van der Waals surface area contributed by atoms with Crippen LogP contribution in [0, 0.1) is 0 Å². The molecule has 1 saturated heterocycles. The van der Waals surface area contributed by atoms with E-state index in [1.807, 2.05) is 6.92 Å². The van der Waals surface area contributed by atoms with Gasteiger partial charge in [0.25, 0.3) is 0 Å². The van der Waals surface area contributed by atoms with Crippen LogP contribution in [0.2, 0.25) is 0 Å². The minimum atomic E-state index is -0.00717. The predicted octanol–water partition coefficient (Wildman–Crippen LogP) is 0.660. The Hall–Kier alpha value is -1.26. The maximum atomic E-state index is 11.7. The van der Waals surface area contributed by atoms with E-state index >= 15 is 0 Å². The summed E-state index contributed by atoms with van der Waals surface area (Å²) in [4.78, 5) is 26.5. The average Bonchev–Trinajstić information content (AvgIpc) is 2.51. The maximum Gasteiger partial charge on any atom is 0.317 e. The van der Waals surface area contributed by atoms with Gasteiger partial charge in [0.05, 0.1) is 0 Å². The van der Waals surface area contributed by atoms with Gasteiger partial charge < -0.3 is 15.1 Å². The van der Waals surface area contributed by atoms with Crippen LogP contribution < -0.4 is 5.32 Å². The van der Waals surface area contributed by atoms with Gasteiger partial charge in [-0.2, -0.15) is 0 Å². The minimum absolute atomic E-state index is 0.00717. The summed E-state index contributed by atoms with van der Waals surface area (Å²) in [6, 6.07) is -0.00717. The molecule has 1 heterocycles. The fourth-order valence-electron chi connectivity index (χ4n) is 1.78. The molecule has 1 aliphatic heterocycles. The van der Waals surface area contributed by atoms with E-state index < -0.39 is 0 Å². The van der Waals surface area contributed by atoms with Gasteiger partial charge in [0.2, 0.25) is 5.91 Å². The molecule has 0 saturated carbocycles. The molecule has 0 radical (unpaired) electrons. The van der Waals surface area contributed by atoms with E-state index in [1.165, 1.54) is 0 Å². The van der Waals surface area contributed by atoms with Crippen molar-refractivity contribution >= 4 is 11.9 Å². The third-order valence-corrected chi connectivity index (χ3v) is 2.75. The van der Waals surface area contributed by atoms with Crippen molar-refractivity contribution in [1.29, 1.82) is 0 Å². The van der Waals surface area contributed by atoms with Crippen molar-refractivity contribution < 1.29 is 9.59 Å². The highest BCUT2D eigenvalue weighted by molar-refractivity contribution is 5.75. The first-order valence-corrected chi connectivity index (χ1v) is 5.93. The third kappa shape index (κ3) is 3.72. The van der Waals surface area contributed by atoms with Gasteiger partial charge in [-0.25, -0.2) is 4.79 Å². The lowest BCUT2D eigenvalue weighted by molar-refractivity contribution is -0.128. The lowest BCUT2D eigenvalue weighted by Gasteiger charge is -2.21. The molecule has 0 aromatic heterocycles. The Balaban J connectivity index is 2.40. The molecule has 3 amide bonds. The van der Waals surface area contributed by atoms with Crippen molar-refractivity contribution in [2.45, 2.75) is 26.7 Å². The second-order valence-electron chi connectivity index (χ2n) is 4.08. The lowest BCUT2D eigenvalue weighted by Crippen LogP contribution is -2.42. The first-order chi connectivity index (χ1) is 7.65. The van der Waals surface area contributed by atoms with Gasteiger partial charge in [0.1, 0.15) is 0 Å². The average molecular weight is 227 g/mol. The fourth-order valence-corrected chi connectivity index (χ4v) is 1.78. The van der Waals surface area contributed by atoms with Crippen LogP contribution in [0.15, 0.2) is 0 Å². The van der Waals surface area contributed by atoms with Crippen molar-refractivity contribution in [3.63, 3.8) is 0 Å². The molecule has 0 spiro atoms. The van der Waals surface area contributed by atoms with Crippen LogP contribution in [0.5, 0.6) is 0 Å². The van der Waals surface area contributed by atoms with Gasteiger partial charge in [-0.05, 0) is 12.8 Å². The molecule has 1 aliphatic rings. The zero-order valence-electron chi connectivity index (χ0n) is 10.2. The van der Waals surface area contributed by atoms with E-state index in [9.17, 15) is 9.59 Å². The maximum absolute atomic E-state index is 11.7. The first kappa shape index (κ1) is 12.8. The molecule has 0 unspecified atom stereocenters. The van der Waals surface area contributed by atoms with Crippen molar-refractivity contribution in [1.82, 2.24) is 15.1 Å². The van der Waals surface area contributed by atoms with Gasteiger partial charge in [0, 0.05) is 39.6 Å². The van der Waals surface area contributed by atoms with Crippen LogP contribution in [0.3, 0.4) is 0 Å². The second-order valence-corrected chi connectivity index (χ2v) is 4.08. The Morgan fingerprint density at radius 1 is 1.12 bits per heavy atom. The molecule has 92 valence electrons. The normalized spacial score (nSPS) is 16.9. The van der Waals surface area contributed by atoms with Crippen molar-refractivity contribution in [3.05, 3.63) is 0 Å². The van der Waals surface area contributed by atoms with Gasteiger partial charge in [-0.1, -0.05) is 6.92 Å². The molecule has 1 N–H and O–H groups in total. The highest BCUT2D eigenvalue weighted by Crippen LogP contribution is 2.03. The van der Waals surface area contributed by atoms with Crippen LogP contribution in [-0.4, -0.2) is 54.5 Å². The smallest absolute Gasteiger partial charge is 0.317 e. The molecule has 0 atom stereocenters. The summed E-state index contributed by atoms with van der Waals surface area (Å²) >= 11 is 0. The van der Waals surface area contributed by atoms with Crippen LogP contribution in [-0.2, 0) is 4.79 Å². The van der Waals surface area contributed by atoms with Crippen molar-refractivity contribution in [2.75, 3.05) is 32.7 Å². The summed E-state index contributed by atoms with van der Waals surface area (Å²) in [6.45, 7) is 7.09. The van der Waals surface area contributed by atoms with Crippen molar-refractivity contribution in [3.8, 4) is 0 Å². The molecular weight excluding hydrogens is 206 g/mol.